The predicted octanol–water partition coefficient (Wildman–Crippen LogP) is 1.51. The van der Waals surface area contributed by atoms with Gasteiger partial charge in [-0.15, -0.1) is 0 Å². The first-order valence-electron chi connectivity index (χ1n) is 7.37. The summed E-state index contributed by atoms with van der Waals surface area (Å²) >= 11 is 0. The summed E-state index contributed by atoms with van der Waals surface area (Å²) in [6.45, 7) is 3.33. The summed E-state index contributed by atoms with van der Waals surface area (Å²) < 4.78 is 32.6. The lowest BCUT2D eigenvalue weighted by molar-refractivity contribution is 0.0604. The fourth-order valence-corrected chi connectivity index (χ4v) is 4.52. The van der Waals surface area contributed by atoms with Crippen molar-refractivity contribution in [3.63, 3.8) is 0 Å². The van der Waals surface area contributed by atoms with E-state index < -0.39 is 10.0 Å². The molecule has 6 heteroatoms. The number of hydrogen-bond donors (Lipinski definition) is 1. The van der Waals surface area contributed by atoms with E-state index in [4.69, 9.17) is 10.5 Å². The van der Waals surface area contributed by atoms with E-state index in [0.29, 0.717) is 31.0 Å². The lowest BCUT2D eigenvalue weighted by atomic mass is 10.1. The Balaban J connectivity index is 2.31. The molecule has 2 rings (SSSR count). The van der Waals surface area contributed by atoms with Crippen LogP contribution in [0.3, 0.4) is 0 Å². The molecular weight excluding hydrogens is 288 g/mol. The molecule has 5 nitrogen and oxygen atoms in total. The van der Waals surface area contributed by atoms with E-state index in [1.165, 1.54) is 0 Å². The van der Waals surface area contributed by atoms with Gasteiger partial charge in [0.05, 0.1) is 11.0 Å². The summed E-state index contributed by atoms with van der Waals surface area (Å²) in [5.74, 6) is 0. The van der Waals surface area contributed by atoms with Crippen molar-refractivity contribution >= 4 is 10.0 Å². The zero-order valence-corrected chi connectivity index (χ0v) is 13.5. The number of rotatable bonds is 5. The van der Waals surface area contributed by atoms with Crippen LogP contribution >= 0.6 is 0 Å². The highest BCUT2D eigenvalue weighted by Gasteiger charge is 2.30. The number of nitrogens with two attached hydrogens (primary N) is 1. The van der Waals surface area contributed by atoms with Crippen molar-refractivity contribution < 1.29 is 13.2 Å². The van der Waals surface area contributed by atoms with Crippen molar-refractivity contribution in [3.8, 4) is 0 Å². The molecule has 0 spiro atoms. The van der Waals surface area contributed by atoms with Crippen molar-refractivity contribution in [1.29, 1.82) is 0 Å². The third kappa shape index (κ3) is 3.45. The van der Waals surface area contributed by atoms with Crippen LogP contribution in [0.25, 0.3) is 0 Å². The molecule has 0 saturated carbocycles. The van der Waals surface area contributed by atoms with E-state index in [1.54, 1.807) is 17.5 Å². The number of nitrogens with zero attached hydrogens (tertiary/aromatic N) is 1. The topological polar surface area (TPSA) is 72.6 Å². The lowest BCUT2D eigenvalue weighted by Crippen LogP contribution is -2.40. The molecule has 1 aromatic rings. The second-order valence-corrected chi connectivity index (χ2v) is 7.25. The van der Waals surface area contributed by atoms with Crippen molar-refractivity contribution in [2.45, 2.75) is 43.7 Å². The molecule has 0 unspecified atom stereocenters. The number of aryl methyl sites for hydroxylation is 1. The fraction of sp³-hybridized carbons (Fsp3) is 0.600. The van der Waals surface area contributed by atoms with Crippen LogP contribution in [0.1, 0.15) is 30.9 Å². The molecule has 0 aliphatic carbocycles. The maximum absolute atomic E-state index is 12.9. The Kier molecular flexibility index (Phi) is 5.37. The van der Waals surface area contributed by atoms with Crippen LogP contribution in [0.15, 0.2) is 23.1 Å². The second kappa shape index (κ2) is 6.87. The summed E-state index contributed by atoms with van der Waals surface area (Å²) in [5.41, 5.74) is 7.34. The molecule has 1 fully saturated rings. The quantitative estimate of drug-likeness (QED) is 0.894. The zero-order valence-electron chi connectivity index (χ0n) is 12.7. The molecule has 0 amide bonds. The van der Waals surface area contributed by atoms with E-state index >= 15 is 0 Å². The van der Waals surface area contributed by atoms with Gasteiger partial charge in [-0.05, 0) is 36.5 Å². The first kappa shape index (κ1) is 16.4. The van der Waals surface area contributed by atoms with Crippen LogP contribution < -0.4 is 5.73 Å². The SMILES string of the molecule is CCc1ccc(CN)cc1S(=O)(=O)N1CCC(OC)CC1. The van der Waals surface area contributed by atoms with Gasteiger partial charge >= 0.3 is 0 Å². The maximum Gasteiger partial charge on any atom is 0.243 e. The number of methoxy groups -OCH3 is 1. The molecule has 118 valence electrons. The Bertz CT molecular complexity index is 579. The number of sulfonamides is 1. The van der Waals surface area contributed by atoms with Gasteiger partial charge in [-0.2, -0.15) is 4.31 Å². The molecule has 0 radical (unpaired) electrons. The van der Waals surface area contributed by atoms with Crippen LogP contribution in [-0.4, -0.2) is 39.0 Å². The number of ether oxygens (including phenoxy) is 1. The van der Waals surface area contributed by atoms with E-state index in [0.717, 1.165) is 24.0 Å². The van der Waals surface area contributed by atoms with E-state index in [9.17, 15) is 8.42 Å². The highest BCUT2D eigenvalue weighted by molar-refractivity contribution is 7.89. The standard InChI is InChI=1S/C15H24N2O3S/c1-3-13-5-4-12(11-16)10-15(13)21(18,19)17-8-6-14(20-2)7-9-17/h4-5,10,14H,3,6-9,11,16H2,1-2H3. The first-order valence-corrected chi connectivity index (χ1v) is 8.81. The molecule has 0 atom stereocenters. The summed E-state index contributed by atoms with van der Waals surface area (Å²) in [4.78, 5) is 0.406. The Morgan fingerprint density at radius 3 is 2.52 bits per heavy atom. The van der Waals surface area contributed by atoms with Crippen LogP contribution in [0.2, 0.25) is 0 Å². The van der Waals surface area contributed by atoms with Gasteiger partial charge in [0.15, 0.2) is 0 Å². The molecule has 1 heterocycles. The molecule has 0 aromatic heterocycles. The zero-order chi connectivity index (χ0) is 15.5. The highest BCUT2D eigenvalue weighted by Crippen LogP contribution is 2.25. The Labute approximate surface area is 127 Å². The summed E-state index contributed by atoms with van der Waals surface area (Å²) in [6.07, 6.45) is 2.34. The predicted molar refractivity (Wildman–Crippen MR) is 82.5 cm³/mol. The van der Waals surface area contributed by atoms with Gasteiger partial charge in [-0.1, -0.05) is 19.1 Å². The van der Waals surface area contributed by atoms with Crippen molar-refractivity contribution in [3.05, 3.63) is 29.3 Å². The molecule has 21 heavy (non-hydrogen) atoms. The van der Waals surface area contributed by atoms with Crippen LogP contribution in [0.4, 0.5) is 0 Å². The van der Waals surface area contributed by atoms with Gasteiger partial charge in [-0.3, -0.25) is 0 Å². The lowest BCUT2D eigenvalue weighted by Gasteiger charge is -2.31. The monoisotopic (exact) mass is 312 g/mol. The minimum absolute atomic E-state index is 0.164. The van der Waals surface area contributed by atoms with Gasteiger partial charge in [0, 0.05) is 26.7 Å². The normalized spacial score (nSPS) is 18.0. The Hall–Kier alpha value is -0.950. The van der Waals surface area contributed by atoms with Crippen molar-refractivity contribution in [2.24, 2.45) is 5.73 Å². The van der Waals surface area contributed by atoms with E-state index in [2.05, 4.69) is 0 Å². The van der Waals surface area contributed by atoms with Crippen LogP contribution in [0.5, 0.6) is 0 Å². The Morgan fingerprint density at radius 2 is 2.00 bits per heavy atom. The number of benzene rings is 1. The largest absolute Gasteiger partial charge is 0.381 e. The van der Waals surface area contributed by atoms with E-state index in [-0.39, 0.29) is 6.10 Å². The smallest absolute Gasteiger partial charge is 0.243 e. The van der Waals surface area contributed by atoms with Gasteiger partial charge in [0.25, 0.3) is 0 Å². The fourth-order valence-electron chi connectivity index (χ4n) is 2.71. The number of piperidine rings is 1. The average molecular weight is 312 g/mol. The third-order valence-electron chi connectivity index (χ3n) is 4.10. The minimum Gasteiger partial charge on any atom is -0.381 e. The molecule has 1 aliphatic rings. The summed E-state index contributed by atoms with van der Waals surface area (Å²) in [5, 5.41) is 0. The van der Waals surface area contributed by atoms with Gasteiger partial charge in [0.2, 0.25) is 10.0 Å². The second-order valence-electron chi connectivity index (χ2n) is 5.34. The molecule has 1 saturated heterocycles. The average Bonchev–Trinajstić information content (AvgIpc) is 2.54. The molecule has 2 N–H and O–H groups in total. The first-order chi connectivity index (χ1) is 10.0. The molecular formula is C15H24N2O3S. The van der Waals surface area contributed by atoms with Crippen LogP contribution in [-0.2, 0) is 27.7 Å². The van der Waals surface area contributed by atoms with Crippen LogP contribution in [0, 0.1) is 0 Å². The third-order valence-corrected chi connectivity index (χ3v) is 6.08. The number of hydrogen-bond acceptors (Lipinski definition) is 4. The van der Waals surface area contributed by atoms with Crippen molar-refractivity contribution in [2.75, 3.05) is 20.2 Å². The summed E-state index contributed by atoms with van der Waals surface area (Å²) in [7, 11) is -1.77. The molecule has 1 aliphatic heterocycles. The van der Waals surface area contributed by atoms with E-state index in [1.807, 2.05) is 19.1 Å². The Morgan fingerprint density at radius 1 is 1.33 bits per heavy atom. The van der Waals surface area contributed by atoms with Gasteiger partial charge < -0.3 is 10.5 Å². The van der Waals surface area contributed by atoms with Crippen molar-refractivity contribution in [1.82, 2.24) is 4.31 Å². The highest BCUT2D eigenvalue weighted by atomic mass is 32.2. The minimum atomic E-state index is -3.45. The van der Waals surface area contributed by atoms with Gasteiger partial charge in [0.1, 0.15) is 0 Å². The maximum atomic E-state index is 12.9. The summed E-state index contributed by atoms with van der Waals surface area (Å²) in [6, 6.07) is 5.49. The molecule has 0 bridgehead atoms. The van der Waals surface area contributed by atoms with Gasteiger partial charge in [-0.25, -0.2) is 8.42 Å². The molecule has 1 aromatic carbocycles.